The molecule has 3 aromatic rings. The van der Waals surface area contributed by atoms with E-state index in [1.807, 2.05) is 24.3 Å². The zero-order chi connectivity index (χ0) is 11.1. The summed E-state index contributed by atoms with van der Waals surface area (Å²) in [5.74, 6) is 0. The van der Waals surface area contributed by atoms with Gasteiger partial charge in [0.15, 0.2) is 0 Å². The van der Waals surface area contributed by atoms with Crippen LogP contribution in [0.5, 0.6) is 0 Å². The Kier molecular flexibility index (Phi) is 2.20. The molecule has 0 aliphatic carbocycles. The first-order chi connectivity index (χ1) is 7.75. The van der Waals surface area contributed by atoms with E-state index in [1.54, 1.807) is 12.1 Å². The van der Waals surface area contributed by atoms with Crippen molar-refractivity contribution in [2.75, 3.05) is 0 Å². The first kappa shape index (κ1) is 9.82. The lowest BCUT2D eigenvalue weighted by Gasteiger charge is -2.03. The number of fused-ring (bicyclic) bond motifs is 2. The van der Waals surface area contributed by atoms with Crippen molar-refractivity contribution in [2.45, 2.75) is 0 Å². The maximum atomic E-state index is 6.07. The van der Waals surface area contributed by atoms with Gasteiger partial charge in [-0.2, -0.15) is 0 Å². The first-order valence-corrected chi connectivity index (χ1v) is 5.52. The van der Waals surface area contributed by atoms with E-state index in [9.17, 15) is 0 Å². The lowest BCUT2D eigenvalue weighted by Crippen LogP contribution is -1.88. The monoisotopic (exact) mass is 248 g/mol. The summed E-state index contributed by atoms with van der Waals surface area (Å²) in [5, 5.41) is 1.13. The minimum absolute atomic E-state index is 0.567. The van der Waals surface area contributed by atoms with Gasteiger partial charge in [0.25, 0.3) is 0 Å². The fraction of sp³-hybridized carbons (Fsp3) is 0. The number of aromatic nitrogens is 2. The van der Waals surface area contributed by atoms with Gasteiger partial charge in [0.05, 0.1) is 21.1 Å². The van der Waals surface area contributed by atoms with Gasteiger partial charge < -0.3 is 0 Å². The van der Waals surface area contributed by atoms with Gasteiger partial charge in [-0.3, -0.25) is 0 Å². The molecule has 0 amide bonds. The topological polar surface area (TPSA) is 25.8 Å². The molecule has 0 bridgehead atoms. The molecule has 1 heterocycles. The smallest absolute Gasteiger partial charge is 0.110 e. The van der Waals surface area contributed by atoms with E-state index in [0.717, 1.165) is 11.0 Å². The van der Waals surface area contributed by atoms with E-state index in [-0.39, 0.29) is 0 Å². The molecule has 0 aliphatic rings. The predicted molar refractivity (Wildman–Crippen MR) is 67.1 cm³/mol. The van der Waals surface area contributed by atoms with Crippen LogP contribution < -0.4 is 0 Å². The summed E-state index contributed by atoms with van der Waals surface area (Å²) < 4.78 is 0. The standard InChI is InChI=1S/C12H6Cl2N2/c13-7-5-6-8(14)12-11(7)15-9-3-1-2-4-10(9)16-12/h1-6H. The number of hydrogen-bond acceptors (Lipinski definition) is 2. The van der Waals surface area contributed by atoms with Crippen LogP contribution in [-0.2, 0) is 0 Å². The van der Waals surface area contributed by atoms with Gasteiger partial charge in [0.2, 0.25) is 0 Å². The largest absolute Gasteiger partial charge is 0.243 e. The number of para-hydroxylation sites is 2. The lowest BCUT2D eigenvalue weighted by atomic mass is 10.2. The second-order valence-electron chi connectivity index (χ2n) is 3.44. The molecule has 0 aliphatic heterocycles. The lowest BCUT2D eigenvalue weighted by molar-refractivity contribution is 1.39. The van der Waals surface area contributed by atoms with Gasteiger partial charge in [-0.1, -0.05) is 35.3 Å². The van der Waals surface area contributed by atoms with Crippen LogP contribution in [0.3, 0.4) is 0 Å². The Hall–Kier alpha value is -1.38. The van der Waals surface area contributed by atoms with Crippen LogP contribution in [0.4, 0.5) is 0 Å². The first-order valence-electron chi connectivity index (χ1n) is 4.76. The normalized spacial score (nSPS) is 11.1. The maximum absolute atomic E-state index is 6.07. The SMILES string of the molecule is Clc1ccc(Cl)c2nc3ccccc3nc12. The highest BCUT2D eigenvalue weighted by Gasteiger charge is 2.07. The van der Waals surface area contributed by atoms with Gasteiger partial charge in [0, 0.05) is 0 Å². The van der Waals surface area contributed by atoms with Gasteiger partial charge >= 0.3 is 0 Å². The summed E-state index contributed by atoms with van der Waals surface area (Å²) in [4.78, 5) is 8.92. The molecule has 4 heteroatoms. The minimum Gasteiger partial charge on any atom is -0.243 e. The van der Waals surface area contributed by atoms with Crippen LogP contribution in [0.15, 0.2) is 36.4 Å². The molecule has 78 valence electrons. The average molecular weight is 249 g/mol. The third kappa shape index (κ3) is 1.42. The molecule has 0 atom stereocenters. The summed E-state index contributed by atoms with van der Waals surface area (Å²) in [6.07, 6.45) is 0. The molecule has 0 N–H and O–H groups in total. The van der Waals surface area contributed by atoms with E-state index in [2.05, 4.69) is 9.97 Å². The Morgan fingerprint density at radius 1 is 0.688 bits per heavy atom. The third-order valence-corrected chi connectivity index (χ3v) is 3.01. The molecule has 2 nitrogen and oxygen atoms in total. The van der Waals surface area contributed by atoms with E-state index in [0.29, 0.717) is 21.1 Å². The zero-order valence-electron chi connectivity index (χ0n) is 8.11. The second-order valence-corrected chi connectivity index (χ2v) is 4.25. The fourth-order valence-corrected chi connectivity index (χ4v) is 2.03. The summed E-state index contributed by atoms with van der Waals surface area (Å²) in [6, 6.07) is 11.1. The fourth-order valence-electron chi connectivity index (χ4n) is 1.64. The molecule has 0 saturated carbocycles. The number of rotatable bonds is 0. The quantitative estimate of drug-likeness (QED) is 0.561. The van der Waals surface area contributed by atoms with Crippen molar-refractivity contribution in [3.63, 3.8) is 0 Å². The number of nitrogens with zero attached hydrogens (tertiary/aromatic N) is 2. The van der Waals surface area contributed by atoms with Crippen LogP contribution in [0.1, 0.15) is 0 Å². The van der Waals surface area contributed by atoms with Crippen molar-refractivity contribution in [2.24, 2.45) is 0 Å². The highest BCUT2D eigenvalue weighted by atomic mass is 35.5. The molecule has 0 fully saturated rings. The Balaban J connectivity index is 2.56. The Morgan fingerprint density at radius 2 is 1.12 bits per heavy atom. The van der Waals surface area contributed by atoms with E-state index < -0.39 is 0 Å². The van der Waals surface area contributed by atoms with Gasteiger partial charge in [-0.15, -0.1) is 0 Å². The van der Waals surface area contributed by atoms with Crippen molar-refractivity contribution < 1.29 is 0 Å². The molecule has 0 spiro atoms. The van der Waals surface area contributed by atoms with Crippen molar-refractivity contribution >= 4 is 45.3 Å². The number of halogens is 2. The van der Waals surface area contributed by atoms with Crippen LogP contribution >= 0.6 is 23.2 Å². The van der Waals surface area contributed by atoms with E-state index in [1.165, 1.54) is 0 Å². The van der Waals surface area contributed by atoms with Crippen molar-refractivity contribution in [1.82, 2.24) is 9.97 Å². The molecule has 16 heavy (non-hydrogen) atoms. The minimum atomic E-state index is 0.567. The van der Waals surface area contributed by atoms with Crippen LogP contribution in [0.2, 0.25) is 10.0 Å². The van der Waals surface area contributed by atoms with E-state index in [4.69, 9.17) is 23.2 Å². The van der Waals surface area contributed by atoms with E-state index >= 15 is 0 Å². The number of benzene rings is 2. The van der Waals surface area contributed by atoms with Gasteiger partial charge in [0.1, 0.15) is 11.0 Å². The second kappa shape index (κ2) is 3.58. The number of hydrogen-bond donors (Lipinski definition) is 0. The Bertz CT molecular complexity index is 635. The van der Waals surface area contributed by atoms with Crippen molar-refractivity contribution in [3.05, 3.63) is 46.4 Å². The molecular weight excluding hydrogens is 243 g/mol. The summed E-state index contributed by atoms with van der Waals surface area (Å²) in [6.45, 7) is 0. The summed E-state index contributed by atoms with van der Waals surface area (Å²) in [5.41, 5.74) is 2.93. The average Bonchev–Trinajstić information content (AvgIpc) is 2.32. The van der Waals surface area contributed by atoms with Crippen LogP contribution in [-0.4, -0.2) is 9.97 Å². The van der Waals surface area contributed by atoms with Crippen molar-refractivity contribution in [1.29, 1.82) is 0 Å². The molecule has 0 radical (unpaired) electrons. The van der Waals surface area contributed by atoms with Gasteiger partial charge in [-0.25, -0.2) is 9.97 Å². The molecular formula is C12H6Cl2N2. The Labute approximate surface area is 102 Å². The summed E-state index contributed by atoms with van der Waals surface area (Å²) >= 11 is 12.1. The molecule has 2 aromatic carbocycles. The predicted octanol–water partition coefficient (Wildman–Crippen LogP) is 4.09. The highest BCUT2D eigenvalue weighted by molar-refractivity contribution is 6.39. The maximum Gasteiger partial charge on any atom is 0.110 e. The van der Waals surface area contributed by atoms with Crippen molar-refractivity contribution in [3.8, 4) is 0 Å². The molecule has 3 rings (SSSR count). The molecule has 0 saturated heterocycles. The highest BCUT2D eigenvalue weighted by Crippen LogP contribution is 2.28. The third-order valence-electron chi connectivity index (χ3n) is 2.40. The Morgan fingerprint density at radius 3 is 1.56 bits per heavy atom. The van der Waals surface area contributed by atoms with Crippen LogP contribution in [0.25, 0.3) is 22.1 Å². The molecule has 0 unspecified atom stereocenters. The summed E-state index contributed by atoms with van der Waals surface area (Å²) in [7, 11) is 0. The van der Waals surface area contributed by atoms with Crippen LogP contribution in [0, 0.1) is 0 Å². The zero-order valence-corrected chi connectivity index (χ0v) is 9.63. The van der Waals surface area contributed by atoms with Gasteiger partial charge in [-0.05, 0) is 24.3 Å². The molecule has 1 aromatic heterocycles.